The van der Waals surface area contributed by atoms with Crippen LogP contribution in [-0.2, 0) is 0 Å². The number of nitrogens with zero attached hydrogens (tertiary/aromatic N) is 1. The average Bonchev–Trinajstić information content (AvgIpc) is 3.23. The normalized spacial score (nSPS) is 10.9. The van der Waals surface area contributed by atoms with Crippen LogP contribution in [0, 0.1) is 0 Å². The van der Waals surface area contributed by atoms with Gasteiger partial charge in [-0.1, -0.05) is 24.3 Å². The molecule has 4 rings (SSSR count). The van der Waals surface area contributed by atoms with Gasteiger partial charge in [-0.3, -0.25) is 4.79 Å². The minimum absolute atomic E-state index is 0.112. The van der Waals surface area contributed by atoms with Gasteiger partial charge in [0.05, 0.1) is 25.7 Å². The highest BCUT2D eigenvalue weighted by molar-refractivity contribution is 9.10. The first-order valence-corrected chi connectivity index (χ1v) is 9.65. The van der Waals surface area contributed by atoms with Crippen LogP contribution in [0.25, 0.3) is 20.1 Å². The summed E-state index contributed by atoms with van der Waals surface area (Å²) < 4.78 is 2.02. The lowest BCUT2D eigenvalue weighted by Crippen LogP contribution is -2.10. The summed E-state index contributed by atoms with van der Waals surface area (Å²) in [5.74, 6) is -0.112. The molecule has 3 nitrogen and oxygen atoms in total. The molecule has 118 valence electrons. The lowest BCUT2D eigenvalue weighted by atomic mass is 10.3. The smallest absolute Gasteiger partial charge is 0.265 e. The van der Waals surface area contributed by atoms with Gasteiger partial charge < -0.3 is 5.32 Å². The lowest BCUT2D eigenvalue weighted by Gasteiger charge is -2.05. The molecule has 2 aromatic carbocycles. The van der Waals surface area contributed by atoms with E-state index >= 15 is 0 Å². The molecule has 2 heterocycles. The molecule has 1 amide bonds. The van der Waals surface area contributed by atoms with Crippen molar-refractivity contribution >= 4 is 60.4 Å². The number of carbonyl (C=O) groups is 1. The summed E-state index contributed by atoms with van der Waals surface area (Å²) in [5, 5.41) is 3.87. The second kappa shape index (κ2) is 6.47. The lowest BCUT2D eigenvalue weighted by molar-refractivity contribution is 0.103. The summed E-state index contributed by atoms with van der Waals surface area (Å²) in [6.45, 7) is 0. The quantitative estimate of drug-likeness (QED) is 0.443. The van der Waals surface area contributed by atoms with Gasteiger partial charge in [-0.2, -0.15) is 0 Å². The van der Waals surface area contributed by atoms with Crippen LogP contribution in [-0.4, -0.2) is 10.9 Å². The fourth-order valence-electron chi connectivity index (χ4n) is 2.30. The van der Waals surface area contributed by atoms with Crippen molar-refractivity contribution in [3.8, 4) is 9.88 Å². The Kier molecular flexibility index (Phi) is 4.18. The summed E-state index contributed by atoms with van der Waals surface area (Å²) >= 11 is 6.54. The molecular weight excluding hydrogens is 404 g/mol. The number of halogens is 1. The number of fused-ring (bicyclic) bond motifs is 1. The van der Waals surface area contributed by atoms with Gasteiger partial charge in [-0.05, 0) is 52.3 Å². The number of carbonyl (C=O) groups excluding carboxylic acids is 1. The summed E-state index contributed by atoms with van der Waals surface area (Å²) in [4.78, 5) is 18.8. The fourth-order valence-corrected chi connectivity index (χ4v) is 4.60. The number of amides is 1. The molecule has 24 heavy (non-hydrogen) atoms. The predicted octanol–water partition coefficient (Wildman–Crippen LogP) is 6.04. The van der Waals surface area contributed by atoms with E-state index < -0.39 is 0 Å². The Balaban J connectivity index is 1.60. The molecular formula is C18H11BrN2OS2. The maximum Gasteiger partial charge on any atom is 0.265 e. The van der Waals surface area contributed by atoms with Crippen LogP contribution < -0.4 is 5.32 Å². The zero-order chi connectivity index (χ0) is 16.5. The van der Waals surface area contributed by atoms with E-state index in [0.717, 1.165) is 30.3 Å². The second-order valence-electron chi connectivity index (χ2n) is 5.08. The van der Waals surface area contributed by atoms with E-state index in [1.807, 2.05) is 54.6 Å². The van der Waals surface area contributed by atoms with Gasteiger partial charge in [-0.25, -0.2) is 4.98 Å². The standard InChI is InChI=1S/C18H11BrN2OS2/c19-11-5-1-2-6-12(11)20-17(22)15-9-10-16(23-15)18-21-13-7-3-4-8-14(13)24-18/h1-10H,(H,20,22). The van der Waals surface area contributed by atoms with E-state index in [1.54, 1.807) is 11.3 Å². The number of aromatic nitrogens is 1. The first-order valence-electron chi connectivity index (χ1n) is 7.22. The molecule has 0 aliphatic heterocycles. The van der Waals surface area contributed by atoms with Crippen LogP contribution in [0.15, 0.2) is 65.1 Å². The minimum atomic E-state index is -0.112. The molecule has 4 aromatic rings. The van der Waals surface area contributed by atoms with E-state index in [2.05, 4.69) is 32.3 Å². The van der Waals surface area contributed by atoms with Gasteiger partial charge in [0.2, 0.25) is 0 Å². The highest BCUT2D eigenvalue weighted by Gasteiger charge is 2.14. The van der Waals surface area contributed by atoms with Crippen LogP contribution in [0.2, 0.25) is 0 Å². The van der Waals surface area contributed by atoms with Crippen LogP contribution >= 0.6 is 38.6 Å². The van der Waals surface area contributed by atoms with Gasteiger partial charge in [0.15, 0.2) is 0 Å². The van der Waals surface area contributed by atoms with Crippen LogP contribution in [0.5, 0.6) is 0 Å². The Morgan fingerprint density at radius 3 is 2.58 bits per heavy atom. The zero-order valence-corrected chi connectivity index (χ0v) is 15.5. The summed E-state index contributed by atoms with van der Waals surface area (Å²) in [5.41, 5.74) is 1.75. The molecule has 0 unspecified atom stereocenters. The third kappa shape index (κ3) is 3.00. The highest BCUT2D eigenvalue weighted by Crippen LogP contribution is 2.34. The molecule has 0 bridgehead atoms. The summed E-state index contributed by atoms with van der Waals surface area (Å²) in [6.07, 6.45) is 0. The molecule has 0 radical (unpaired) electrons. The molecule has 0 atom stereocenters. The van der Waals surface area contributed by atoms with Crippen molar-refractivity contribution < 1.29 is 4.79 Å². The Hall–Kier alpha value is -2.02. The SMILES string of the molecule is O=C(Nc1ccccc1Br)c1ccc(-c2nc3ccccc3s2)s1. The van der Waals surface area contributed by atoms with Crippen LogP contribution in [0.4, 0.5) is 5.69 Å². The van der Waals surface area contributed by atoms with Crippen molar-refractivity contribution in [3.63, 3.8) is 0 Å². The highest BCUT2D eigenvalue weighted by atomic mass is 79.9. The first kappa shape index (κ1) is 15.5. The van der Waals surface area contributed by atoms with Crippen molar-refractivity contribution in [1.82, 2.24) is 4.98 Å². The maximum absolute atomic E-state index is 12.4. The molecule has 0 aliphatic carbocycles. The van der Waals surface area contributed by atoms with Crippen molar-refractivity contribution in [2.45, 2.75) is 0 Å². The van der Waals surface area contributed by atoms with E-state index in [4.69, 9.17) is 0 Å². The summed E-state index contributed by atoms with van der Waals surface area (Å²) in [6, 6.07) is 19.4. The molecule has 2 aromatic heterocycles. The minimum Gasteiger partial charge on any atom is -0.320 e. The van der Waals surface area contributed by atoms with Crippen molar-refractivity contribution in [2.24, 2.45) is 0 Å². The predicted molar refractivity (Wildman–Crippen MR) is 105 cm³/mol. The summed E-state index contributed by atoms with van der Waals surface area (Å²) in [7, 11) is 0. The topological polar surface area (TPSA) is 42.0 Å². The molecule has 6 heteroatoms. The molecule has 0 aliphatic rings. The van der Waals surface area contributed by atoms with Gasteiger partial charge in [-0.15, -0.1) is 22.7 Å². The number of hydrogen-bond acceptors (Lipinski definition) is 4. The Morgan fingerprint density at radius 1 is 0.958 bits per heavy atom. The first-order chi connectivity index (χ1) is 11.7. The fraction of sp³-hybridized carbons (Fsp3) is 0. The van der Waals surface area contributed by atoms with Gasteiger partial charge in [0.25, 0.3) is 5.91 Å². The Labute approximate surface area is 155 Å². The third-order valence-corrected chi connectivity index (χ3v) is 6.44. The molecule has 0 saturated carbocycles. The van der Waals surface area contributed by atoms with Crippen molar-refractivity contribution in [3.05, 3.63) is 70.0 Å². The largest absolute Gasteiger partial charge is 0.320 e. The van der Waals surface area contributed by atoms with Crippen molar-refractivity contribution in [1.29, 1.82) is 0 Å². The van der Waals surface area contributed by atoms with Crippen molar-refractivity contribution in [2.75, 3.05) is 5.32 Å². The number of rotatable bonds is 3. The third-order valence-electron chi connectivity index (χ3n) is 3.46. The zero-order valence-electron chi connectivity index (χ0n) is 12.3. The molecule has 1 N–H and O–H groups in total. The average molecular weight is 415 g/mol. The number of anilines is 1. The van der Waals surface area contributed by atoms with E-state index in [-0.39, 0.29) is 5.91 Å². The van der Waals surface area contributed by atoms with Gasteiger partial charge in [0, 0.05) is 4.47 Å². The number of hydrogen-bond donors (Lipinski definition) is 1. The van der Waals surface area contributed by atoms with Gasteiger partial charge >= 0.3 is 0 Å². The number of benzene rings is 2. The Morgan fingerprint density at radius 2 is 1.75 bits per heavy atom. The van der Waals surface area contributed by atoms with Crippen LogP contribution in [0.1, 0.15) is 9.67 Å². The number of thiazole rings is 1. The van der Waals surface area contributed by atoms with Gasteiger partial charge in [0.1, 0.15) is 5.01 Å². The van der Waals surface area contributed by atoms with E-state index in [0.29, 0.717) is 4.88 Å². The van der Waals surface area contributed by atoms with E-state index in [1.165, 1.54) is 11.3 Å². The maximum atomic E-state index is 12.4. The second-order valence-corrected chi connectivity index (χ2v) is 8.05. The molecule has 0 spiro atoms. The van der Waals surface area contributed by atoms with Crippen LogP contribution in [0.3, 0.4) is 0 Å². The number of para-hydroxylation sites is 2. The number of nitrogens with one attached hydrogen (secondary N) is 1. The van der Waals surface area contributed by atoms with E-state index in [9.17, 15) is 4.79 Å². The number of thiophene rings is 1. The monoisotopic (exact) mass is 414 g/mol. The Bertz CT molecular complexity index is 1010. The molecule has 0 fully saturated rings. The molecule has 0 saturated heterocycles.